The molecular formula is C56H102O3. The summed E-state index contributed by atoms with van der Waals surface area (Å²) in [7, 11) is 0. The average molecular weight is 823 g/mol. The van der Waals surface area contributed by atoms with Gasteiger partial charge in [0.1, 0.15) is 5.78 Å². The number of aldehydes is 1. The lowest BCUT2D eigenvalue weighted by molar-refractivity contribution is -0.119. The Kier molecular flexibility index (Phi) is 49.1. The zero-order chi connectivity index (χ0) is 42.8. The van der Waals surface area contributed by atoms with Crippen molar-refractivity contribution >= 4 is 17.9 Å². The molecule has 344 valence electrons. The Bertz CT molecular complexity index is 974. The predicted molar refractivity (Wildman–Crippen MR) is 262 cm³/mol. The second kappa shape index (κ2) is 50.6. The molecule has 59 heavy (non-hydrogen) atoms. The van der Waals surface area contributed by atoms with Crippen LogP contribution in [0.4, 0.5) is 0 Å². The van der Waals surface area contributed by atoms with Crippen LogP contribution in [-0.4, -0.2) is 17.9 Å². The van der Waals surface area contributed by atoms with Crippen molar-refractivity contribution in [3.8, 4) is 0 Å². The van der Waals surface area contributed by atoms with Crippen LogP contribution >= 0.6 is 0 Å². The smallest absolute Gasteiger partial charge is 0.165 e. The van der Waals surface area contributed by atoms with E-state index in [1.54, 1.807) is 0 Å². The standard InChI is InChI=1S/C56H102O3/c1-3-5-7-9-11-13-15-17-21-26-30-34-38-42-46-50-55(58)51-47-43-39-35-31-27-24-20-19-23-25-29-33-37-41-45-49-54(53-57)56(59)52-48-44-40-36-32-28-22-18-16-14-12-10-8-6-4-2/h17-18,21-22,49,53H,3-16,19-20,23-48,50-52H2,1-2H3/b21-17-,22-18-,54-49?. The van der Waals surface area contributed by atoms with Gasteiger partial charge in [-0.1, -0.05) is 230 Å². The van der Waals surface area contributed by atoms with Crippen LogP contribution in [0.25, 0.3) is 0 Å². The first-order valence-corrected chi connectivity index (χ1v) is 26.7. The normalized spacial score (nSPS) is 12.1. The van der Waals surface area contributed by atoms with E-state index in [0.717, 1.165) is 57.7 Å². The predicted octanol–water partition coefficient (Wildman–Crippen LogP) is 19.0. The molecule has 0 heterocycles. The van der Waals surface area contributed by atoms with Gasteiger partial charge in [-0.2, -0.15) is 0 Å². The molecule has 3 heteroatoms. The molecule has 0 spiro atoms. The summed E-state index contributed by atoms with van der Waals surface area (Å²) >= 11 is 0. The van der Waals surface area contributed by atoms with E-state index < -0.39 is 0 Å². The SMILES string of the molecule is CCCCCCCC/C=C\CCCCCCCC(=O)CCCCCCCCCCCCCCCCCC=C(C=O)C(=O)CCCCCCC/C=C\CCCCCCCC. The van der Waals surface area contributed by atoms with Gasteiger partial charge in [-0.3, -0.25) is 14.4 Å². The summed E-state index contributed by atoms with van der Waals surface area (Å²) in [4.78, 5) is 36.3. The summed E-state index contributed by atoms with van der Waals surface area (Å²) in [5, 5.41) is 0. The van der Waals surface area contributed by atoms with Gasteiger partial charge in [-0.05, 0) is 83.5 Å². The Hall–Kier alpha value is -1.77. The maximum absolute atomic E-state index is 12.5. The minimum atomic E-state index is 0.0418. The highest BCUT2D eigenvalue weighted by molar-refractivity contribution is 6.11. The van der Waals surface area contributed by atoms with Crippen molar-refractivity contribution in [3.05, 3.63) is 36.0 Å². The van der Waals surface area contributed by atoms with Crippen LogP contribution in [0.5, 0.6) is 0 Å². The largest absolute Gasteiger partial charge is 0.300 e. The van der Waals surface area contributed by atoms with E-state index in [-0.39, 0.29) is 5.78 Å². The van der Waals surface area contributed by atoms with E-state index in [9.17, 15) is 14.4 Å². The highest BCUT2D eigenvalue weighted by atomic mass is 16.1. The maximum Gasteiger partial charge on any atom is 0.165 e. The number of ketones is 2. The first-order valence-electron chi connectivity index (χ1n) is 26.7. The third-order valence-electron chi connectivity index (χ3n) is 12.4. The molecule has 0 saturated carbocycles. The average Bonchev–Trinajstić information content (AvgIpc) is 3.24. The highest BCUT2D eigenvalue weighted by Crippen LogP contribution is 2.17. The van der Waals surface area contributed by atoms with Gasteiger partial charge in [0.2, 0.25) is 0 Å². The Balaban J connectivity index is 3.43. The van der Waals surface area contributed by atoms with Crippen molar-refractivity contribution in [2.75, 3.05) is 0 Å². The molecule has 0 aromatic heterocycles. The zero-order valence-corrected chi connectivity index (χ0v) is 40.0. The first-order chi connectivity index (χ1) is 29.2. The van der Waals surface area contributed by atoms with Gasteiger partial charge in [0.25, 0.3) is 0 Å². The van der Waals surface area contributed by atoms with Gasteiger partial charge in [-0.25, -0.2) is 0 Å². The molecule has 0 saturated heterocycles. The van der Waals surface area contributed by atoms with E-state index in [2.05, 4.69) is 38.2 Å². The first kappa shape index (κ1) is 57.2. The second-order valence-corrected chi connectivity index (χ2v) is 18.2. The van der Waals surface area contributed by atoms with Crippen molar-refractivity contribution in [1.29, 1.82) is 0 Å². The zero-order valence-electron chi connectivity index (χ0n) is 40.0. The minimum Gasteiger partial charge on any atom is -0.300 e. The van der Waals surface area contributed by atoms with Crippen LogP contribution in [0.15, 0.2) is 36.0 Å². The Morgan fingerprint density at radius 3 is 0.864 bits per heavy atom. The molecule has 0 aliphatic carbocycles. The summed E-state index contributed by atoms with van der Waals surface area (Å²) in [5.74, 6) is 0.538. The molecule has 0 atom stereocenters. The number of carbonyl (C=O) groups excluding carboxylic acids is 3. The molecule has 0 fully saturated rings. The number of unbranched alkanes of at least 4 members (excludes halogenated alkanes) is 37. The van der Waals surface area contributed by atoms with Crippen LogP contribution in [0, 0.1) is 0 Å². The number of hydrogen-bond acceptors (Lipinski definition) is 3. The maximum atomic E-state index is 12.5. The number of allylic oxidation sites excluding steroid dienone is 6. The van der Waals surface area contributed by atoms with E-state index in [1.807, 2.05) is 6.08 Å². The van der Waals surface area contributed by atoms with Crippen LogP contribution in [0.1, 0.15) is 303 Å². The van der Waals surface area contributed by atoms with Crippen LogP contribution < -0.4 is 0 Å². The summed E-state index contributed by atoms with van der Waals surface area (Å²) in [6.45, 7) is 4.55. The van der Waals surface area contributed by atoms with E-state index in [1.165, 1.54) is 231 Å². The van der Waals surface area contributed by atoms with Gasteiger partial charge in [-0.15, -0.1) is 0 Å². The van der Waals surface area contributed by atoms with Crippen molar-refractivity contribution < 1.29 is 14.4 Å². The van der Waals surface area contributed by atoms with E-state index in [0.29, 0.717) is 17.8 Å². The van der Waals surface area contributed by atoms with Gasteiger partial charge in [0.05, 0.1) is 5.57 Å². The van der Waals surface area contributed by atoms with Crippen LogP contribution in [-0.2, 0) is 14.4 Å². The minimum absolute atomic E-state index is 0.0418. The van der Waals surface area contributed by atoms with Crippen molar-refractivity contribution in [2.45, 2.75) is 303 Å². The summed E-state index contributed by atoms with van der Waals surface area (Å²) < 4.78 is 0. The highest BCUT2D eigenvalue weighted by Gasteiger charge is 2.08. The molecule has 0 unspecified atom stereocenters. The molecule has 0 rings (SSSR count). The van der Waals surface area contributed by atoms with Gasteiger partial charge >= 0.3 is 0 Å². The Labute approximate surface area is 369 Å². The summed E-state index contributed by atoms with van der Waals surface area (Å²) in [6, 6.07) is 0. The third-order valence-corrected chi connectivity index (χ3v) is 12.4. The Morgan fingerprint density at radius 1 is 0.305 bits per heavy atom. The van der Waals surface area contributed by atoms with Gasteiger partial charge in [0, 0.05) is 19.3 Å². The summed E-state index contributed by atoms with van der Waals surface area (Å²) in [6.07, 6.45) is 67.7. The summed E-state index contributed by atoms with van der Waals surface area (Å²) in [5.41, 5.74) is 0.409. The monoisotopic (exact) mass is 823 g/mol. The molecule has 0 aromatic carbocycles. The van der Waals surface area contributed by atoms with Crippen molar-refractivity contribution in [3.63, 3.8) is 0 Å². The quantitative estimate of drug-likeness (QED) is 0.0153. The van der Waals surface area contributed by atoms with Gasteiger partial charge in [0.15, 0.2) is 12.1 Å². The molecule has 0 aliphatic heterocycles. The Morgan fingerprint density at radius 2 is 0.559 bits per heavy atom. The lowest BCUT2D eigenvalue weighted by Gasteiger charge is -2.04. The van der Waals surface area contributed by atoms with Crippen molar-refractivity contribution in [1.82, 2.24) is 0 Å². The number of carbonyl (C=O) groups is 3. The fourth-order valence-corrected chi connectivity index (χ4v) is 8.27. The second-order valence-electron chi connectivity index (χ2n) is 18.2. The number of rotatable bonds is 50. The molecular weight excluding hydrogens is 721 g/mol. The van der Waals surface area contributed by atoms with E-state index >= 15 is 0 Å². The molecule has 0 aliphatic rings. The van der Waals surface area contributed by atoms with E-state index in [4.69, 9.17) is 0 Å². The molecule has 0 amide bonds. The number of hydrogen-bond donors (Lipinski definition) is 0. The third kappa shape index (κ3) is 47.1. The molecule has 0 aromatic rings. The fraction of sp³-hybridized carbons (Fsp3) is 0.839. The molecule has 0 N–H and O–H groups in total. The molecule has 3 nitrogen and oxygen atoms in total. The number of Topliss-reactive ketones (excluding diaryl/α,β-unsaturated/α-hetero) is 2. The topological polar surface area (TPSA) is 51.2 Å². The molecule has 0 bridgehead atoms. The van der Waals surface area contributed by atoms with Crippen LogP contribution in [0.3, 0.4) is 0 Å². The van der Waals surface area contributed by atoms with Crippen molar-refractivity contribution in [2.24, 2.45) is 0 Å². The fourth-order valence-electron chi connectivity index (χ4n) is 8.27. The van der Waals surface area contributed by atoms with Gasteiger partial charge < -0.3 is 0 Å². The lowest BCUT2D eigenvalue weighted by atomic mass is 10.0. The molecule has 0 radical (unpaired) electrons. The van der Waals surface area contributed by atoms with Crippen LogP contribution in [0.2, 0.25) is 0 Å². The lowest BCUT2D eigenvalue weighted by Crippen LogP contribution is -2.03.